The van der Waals surface area contributed by atoms with Crippen molar-refractivity contribution in [1.82, 2.24) is 19.7 Å². The number of anilines is 2. The summed E-state index contributed by atoms with van der Waals surface area (Å²) in [5, 5.41) is 7.76. The summed E-state index contributed by atoms with van der Waals surface area (Å²) in [7, 11) is 0. The fourth-order valence-corrected chi connectivity index (χ4v) is 3.48. The maximum atomic E-state index is 13.1. The van der Waals surface area contributed by atoms with Crippen LogP contribution < -0.4 is 10.2 Å². The number of hydrogen-bond acceptors (Lipinski definition) is 6. The average molecular weight is 427 g/mol. The molecule has 7 heteroatoms. The first-order valence-corrected chi connectivity index (χ1v) is 10.7. The highest BCUT2D eigenvalue weighted by molar-refractivity contribution is 5.97. The molecule has 7 nitrogen and oxygen atoms in total. The summed E-state index contributed by atoms with van der Waals surface area (Å²) < 4.78 is 1.32. The minimum atomic E-state index is -0.243. The van der Waals surface area contributed by atoms with Crippen LogP contribution in [0.25, 0.3) is 11.4 Å². The second kappa shape index (κ2) is 9.87. The molecule has 0 atom stereocenters. The second-order valence-corrected chi connectivity index (χ2v) is 7.28. The molecule has 4 rings (SSSR count). The topological polar surface area (TPSA) is 75.9 Å². The molecule has 2 aromatic heterocycles. The van der Waals surface area contributed by atoms with Crippen LogP contribution in [0.5, 0.6) is 0 Å². The molecule has 0 radical (unpaired) electrons. The van der Waals surface area contributed by atoms with E-state index in [1.54, 1.807) is 24.5 Å². The van der Waals surface area contributed by atoms with Gasteiger partial charge in [-0.2, -0.15) is 9.67 Å². The van der Waals surface area contributed by atoms with E-state index in [9.17, 15) is 4.79 Å². The van der Waals surface area contributed by atoms with Crippen molar-refractivity contribution in [2.75, 3.05) is 23.3 Å². The van der Waals surface area contributed by atoms with Crippen molar-refractivity contribution in [3.8, 4) is 11.4 Å². The van der Waals surface area contributed by atoms with E-state index in [4.69, 9.17) is 0 Å². The van der Waals surface area contributed by atoms with Crippen LogP contribution in [0.15, 0.2) is 79.1 Å². The minimum absolute atomic E-state index is 0.243. The number of carbonyl (C=O) groups is 1. The van der Waals surface area contributed by atoms with Gasteiger partial charge in [0.25, 0.3) is 5.91 Å². The first kappa shape index (κ1) is 21.2. The number of aromatic nitrogens is 4. The first-order valence-electron chi connectivity index (χ1n) is 10.7. The Morgan fingerprint density at radius 1 is 0.969 bits per heavy atom. The Kier molecular flexibility index (Phi) is 6.55. The third kappa shape index (κ3) is 4.67. The normalized spacial score (nSPS) is 10.7. The highest BCUT2D eigenvalue weighted by atomic mass is 16.2. The lowest BCUT2D eigenvalue weighted by molar-refractivity contribution is 0.0947. The smallest absolute Gasteiger partial charge is 0.281 e. The van der Waals surface area contributed by atoms with Crippen LogP contribution in [0.3, 0.4) is 0 Å². The third-order valence-corrected chi connectivity index (χ3v) is 5.26. The predicted octanol–water partition coefficient (Wildman–Crippen LogP) is 4.49. The summed E-state index contributed by atoms with van der Waals surface area (Å²) in [6.07, 6.45) is 3.37. The minimum Gasteiger partial charge on any atom is -0.372 e. The van der Waals surface area contributed by atoms with Crippen molar-refractivity contribution in [3.05, 3.63) is 90.3 Å². The molecule has 0 aliphatic rings. The van der Waals surface area contributed by atoms with Gasteiger partial charge in [-0.25, -0.2) is 0 Å². The molecule has 0 saturated carbocycles. The molecule has 0 aliphatic heterocycles. The van der Waals surface area contributed by atoms with Crippen molar-refractivity contribution < 1.29 is 4.79 Å². The number of nitrogens with one attached hydrogen (secondary N) is 1. The number of pyridine rings is 1. The van der Waals surface area contributed by atoms with Crippen molar-refractivity contribution >= 4 is 17.5 Å². The summed E-state index contributed by atoms with van der Waals surface area (Å²) >= 11 is 0. The van der Waals surface area contributed by atoms with Crippen molar-refractivity contribution in [3.63, 3.8) is 0 Å². The lowest BCUT2D eigenvalue weighted by atomic mass is 10.2. The quantitative estimate of drug-likeness (QED) is 0.447. The average Bonchev–Trinajstić information content (AvgIpc) is 3.29. The maximum Gasteiger partial charge on any atom is 0.281 e. The molecule has 0 spiro atoms. The van der Waals surface area contributed by atoms with Gasteiger partial charge in [0.1, 0.15) is 0 Å². The number of nitrogens with zero attached hydrogens (tertiary/aromatic N) is 5. The van der Waals surface area contributed by atoms with Crippen LogP contribution in [0.4, 0.5) is 11.6 Å². The molecule has 0 fully saturated rings. The van der Waals surface area contributed by atoms with Crippen LogP contribution in [0.1, 0.15) is 29.8 Å². The number of hydrogen-bond donors (Lipinski definition) is 1. The van der Waals surface area contributed by atoms with E-state index < -0.39 is 0 Å². The zero-order valence-electron chi connectivity index (χ0n) is 18.3. The summed E-state index contributed by atoms with van der Waals surface area (Å²) in [6.45, 7) is 6.75. The maximum absolute atomic E-state index is 13.1. The number of rotatable bonds is 8. The number of carbonyl (C=O) groups excluding carboxylic acids is 1. The van der Waals surface area contributed by atoms with Gasteiger partial charge in [0.15, 0.2) is 5.82 Å². The molecule has 1 N–H and O–H groups in total. The van der Waals surface area contributed by atoms with Gasteiger partial charge in [-0.1, -0.05) is 30.3 Å². The standard InChI is InChI=1S/C25H26N6O/c1-3-30(4-2)22-14-12-19(13-15-22)17-27-25-28-23(21-11-8-16-26-18-21)29-31(25)24(32)20-9-6-5-7-10-20/h5-16,18H,3-4,17H2,1-2H3,(H,27,28,29). The van der Waals surface area contributed by atoms with E-state index in [1.807, 2.05) is 30.3 Å². The first-order chi connectivity index (χ1) is 15.7. The van der Waals surface area contributed by atoms with Crippen molar-refractivity contribution in [2.24, 2.45) is 0 Å². The molecule has 0 amide bonds. The van der Waals surface area contributed by atoms with Gasteiger partial charge in [0.05, 0.1) is 0 Å². The summed E-state index contributed by atoms with van der Waals surface area (Å²) in [4.78, 5) is 24.1. The van der Waals surface area contributed by atoms with Gasteiger partial charge < -0.3 is 10.2 Å². The molecule has 2 heterocycles. The Balaban J connectivity index is 1.59. The molecule has 32 heavy (non-hydrogen) atoms. The molecular formula is C25H26N6O. The molecule has 0 unspecified atom stereocenters. The third-order valence-electron chi connectivity index (χ3n) is 5.26. The molecule has 0 aliphatic carbocycles. The van der Waals surface area contributed by atoms with Crippen LogP contribution in [-0.4, -0.2) is 38.7 Å². The van der Waals surface area contributed by atoms with E-state index in [0.717, 1.165) is 24.2 Å². The van der Waals surface area contributed by atoms with Crippen LogP contribution in [0.2, 0.25) is 0 Å². The van der Waals surface area contributed by atoms with Gasteiger partial charge in [0, 0.05) is 48.8 Å². The number of benzene rings is 2. The molecular weight excluding hydrogens is 400 g/mol. The molecule has 0 saturated heterocycles. The van der Waals surface area contributed by atoms with Crippen LogP contribution >= 0.6 is 0 Å². The van der Waals surface area contributed by atoms with E-state index >= 15 is 0 Å². The molecule has 4 aromatic rings. The van der Waals surface area contributed by atoms with E-state index in [1.165, 1.54) is 10.4 Å². The largest absolute Gasteiger partial charge is 0.372 e. The fourth-order valence-electron chi connectivity index (χ4n) is 3.48. The lowest BCUT2D eigenvalue weighted by Crippen LogP contribution is -2.21. The Labute approximate surface area is 187 Å². The van der Waals surface area contributed by atoms with Gasteiger partial charge >= 0.3 is 0 Å². The summed E-state index contributed by atoms with van der Waals surface area (Å²) in [5.41, 5.74) is 3.58. The lowest BCUT2D eigenvalue weighted by Gasteiger charge is -2.21. The Morgan fingerprint density at radius 3 is 2.38 bits per heavy atom. The monoisotopic (exact) mass is 426 g/mol. The van der Waals surface area contributed by atoms with Crippen LogP contribution in [0, 0.1) is 0 Å². The van der Waals surface area contributed by atoms with Crippen molar-refractivity contribution in [1.29, 1.82) is 0 Å². The Bertz CT molecular complexity index is 1150. The summed E-state index contributed by atoms with van der Waals surface area (Å²) in [5.74, 6) is 0.597. The van der Waals surface area contributed by atoms with E-state index in [-0.39, 0.29) is 5.91 Å². The predicted molar refractivity (Wildman–Crippen MR) is 127 cm³/mol. The van der Waals surface area contributed by atoms with Gasteiger partial charge in [0.2, 0.25) is 5.95 Å². The van der Waals surface area contributed by atoms with Gasteiger partial charge in [-0.15, -0.1) is 5.10 Å². The molecule has 2 aromatic carbocycles. The van der Waals surface area contributed by atoms with E-state index in [2.05, 4.69) is 63.4 Å². The van der Waals surface area contributed by atoms with Crippen molar-refractivity contribution in [2.45, 2.75) is 20.4 Å². The zero-order chi connectivity index (χ0) is 22.3. The Morgan fingerprint density at radius 2 is 1.72 bits per heavy atom. The highest BCUT2D eigenvalue weighted by Gasteiger charge is 2.18. The Hall–Kier alpha value is -4.00. The van der Waals surface area contributed by atoms with Gasteiger partial charge in [-0.3, -0.25) is 9.78 Å². The highest BCUT2D eigenvalue weighted by Crippen LogP contribution is 2.20. The van der Waals surface area contributed by atoms with E-state index in [0.29, 0.717) is 23.9 Å². The molecule has 162 valence electrons. The SMILES string of the molecule is CCN(CC)c1ccc(CNc2nc(-c3cccnc3)nn2C(=O)c2ccccc2)cc1. The summed E-state index contributed by atoms with van der Waals surface area (Å²) in [6, 6.07) is 21.2. The van der Waals surface area contributed by atoms with Crippen LogP contribution in [-0.2, 0) is 6.54 Å². The second-order valence-electron chi connectivity index (χ2n) is 7.28. The zero-order valence-corrected chi connectivity index (χ0v) is 18.3. The molecule has 0 bridgehead atoms. The van der Waals surface area contributed by atoms with Gasteiger partial charge in [-0.05, 0) is 55.8 Å². The fraction of sp³-hybridized carbons (Fsp3) is 0.200.